The topological polar surface area (TPSA) is 58.6 Å². The maximum atomic E-state index is 11.0. The molecule has 0 heterocycles. The molecule has 6 heteroatoms. The first kappa shape index (κ1) is 15.9. The summed E-state index contributed by atoms with van der Waals surface area (Å²) in [5.41, 5.74) is 1.12. The number of hydrogen-bond acceptors (Lipinski definition) is 3. The zero-order valence-electron chi connectivity index (χ0n) is 11.0. The van der Waals surface area contributed by atoms with E-state index in [0.29, 0.717) is 18.9 Å². The molecule has 0 aliphatic heterocycles. The van der Waals surface area contributed by atoms with E-state index in [1.54, 1.807) is 18.2 Å². The molecule has 0 amide bonds. The van der Waals surface area contributed by atoms with Crippen LogP contribution in [0.5, 0.6) is 5.75 Å². The summed E-state index contributed by atoms with van der Waals surface area (Å²) in [5.74, 6) is -0.615. The summed E-state index contributed by atoms with van der Waals surface area (Å²) in [6.45, 7) is 0.932. The molecule has 0 aromatic heterocycles. The molecule has 0 fully saturated rings. The maximum absolute atomic E-state index is 11.0. The minimum Gasteiger partial charge on any atom is -0.491 e. The third kappa shape index (κ3) is 4.47. The molecular weight excluding hydrogens is 402 g/mol. The van der Waals surface area contributed by atoms with Gasteiger partial charge in [0.15, 0.2) is 0 Å². The number of carboxylic acids is 1. The zero-order valence-corrected chi connectivity index (χ0v) is 14.1. The average Bonchev–Trinajstić information content (AvgIpc) is 2.45. The van der Waals surface area contributed by atoms with Gasteiger partial charge in [-0.25, -0.2) is 4.79 Å². The van der Waals surface area contributed by atoms with Gasteiger partial charge in [0, 0.05) is 21.2 Å². The van der Waals surface area contributed by atoms with Gasteiger partial charge < -0.3 is 15.2 Å². The molecule has 0 aliphatic rings. The first-order valence-corrected chi connectivity index (χ1v) is 7.80. The van der Waals surface area contributed by atoms with Crippen LogP contribution in [0.1, 0.15) is 10.4 Å². The monoisotopic (exact) mass is 413 g/mol. The first-order chi connectivity index (χ1) is 10.1. The molecule has 2 aromatic carbocycles. The van der Waals surface area contributed by atoms with Gasteiger partial charge in [-0.1, -0.05) is 28.1 Å². The van der Waals surface area contributed by atoms with Crippen molar-refractivity contribution in [3.05, 3.63) is 57.0 Å². The third-order valence-corrected chi connectivity index (χ3v) is 3.87. The van der Waals surface area contributed by atoms with E-state index in [1.165, 1.54) is 6.07 Å². The zero-order chi connectivity index (χ0) is 15.2. The van der Waals surface area contributed by atoms with Crippen LogP contribution in [0.25, 0.3) is 0 Å². The lowest BCUT2D eigenvalue weighted by atomic mass is 10.2. The average molecular weight is 415 g/mol. The quantitative estimate of drug-likeness (QED) is 0.687. The Hall–Kier alpha value is -1.53. The molecule has 0 unspecified atom stereocenters. The summed E-state index contributed by atoms with van der Waals surface area (Å²) in [7, 11) is 0. The van der Waals surface area contributed by atoms with Gasteiger partial charge in [-0.15, -0.1) is 0 Å². The van der Waals surface area contributed by atoms with Crippen LogP contribution in [-0.2, 0) is 0 Å². The number of aromatic carboxylic acids is 1. The fraction of sp³-hybridized carbons (Fsp3) is 0.133. The number of nitrogens with one attached hydrogen (secondary N) is 1. The molecule has 0 spiro atoms. The van der Waals surface area contributed by atoms with Crippen LogP contribution in [0, 0.1) is 0 Å². The largest absolute Gasteiger partial charge is 0.491 e. The highest BCUT2D eigenvalue weighted by atomic mass is 79.9. The Morgan fingerprint density at radius 3 is 2.67 bits per heavy atom. The molecule has 4 nitrogen and oxygen atoms in total. The number of para-hydroxylation sites is 1. The number of benzene rings is 2. The van der Waals surface area contributed by atoms with Crippen LogP contribution in [0.15, 0.2) is 51.4 Å². The SMILES string of the molecule is O=C(O)c1ccccc1OCCNc1ccc(Br)cc1Br. The second-order valence-electron chi connectivity index (χ2n) is 4.20. The van der Waals surface area contributed by atoms with E-state index in [2.05, 4.69) is 37.2 Å². The van der Waals surface area contributed by atoms with Crippen molar-refractivity contribution in [1.82, 2.24) is 0 Å². The van der Waals surface area contributed by atoms with Gasteiger partial charge in [-0.3, -0.25) is 0 Å². The molecule has 0 aliphatic carbocycles. The molecule has 0 bridgehead atoms. The Morgan fingerprint density at radius 2 is 1.95 bits per heavy atom. The molecule has 2 aromatic rings. The van der Waals surface area contributed by atoms with Gasteiger partial charge in [-0.2, -0.15) is 0 Å². The lowest BCUT2D eigenvalue weighted by Crippen LogP contribution is -2.13. The maximum Gasteiger partial charge on any atom is 0.339 e. The van der Waals surface area contributed by atoms with Gasteiger partial charge in [0.1, 0.15) is 17.9 Å². The van der Waals surface area contributed by atoms with Gasteiger partial charge >= 0.3 is 5.97 Å². The fourth-order valence-corrected chi connectivity index (χ4v) is 2.94. The van der Waals surface area contributed by atoms with Crippen molar-refractivity contribution in [2.75, 3.05) is 18.5 Å². The summed E-state index contributed by atoms with van der Waals surface area (Å²) >= 11 is 6.86. The summed E-state index contributed by atoms with van der Waals surface area (Å²) in [6.07, 6.45) is 0. The van der Waals surface area contributed by atoms with Crippen molar-refractivity contribution in [2.24, 2.45) is 0 Å². The van der Waals surface area contributed by atoms with Gasteiger partial charge in [-0.05, 0) is 46.3 Å². The van der Waals surface area contributed by atoms with Gasteiger partial charge in [0.2, 0.25) is 0 Å². The molecule has 21 heavy (non-hydrogen) atoms. The number of anilines is 1. The number of halogens is 2. The van der Waals surface area contributed by atoms with Crippen molar-refractivity contribution in [3.63, 3.8) is 0 Å². The van der Waals surface area contributed by atoms with Crippen LogP contribution in [0.4, 0.5) is 5.69 Å². The van der Waals surface area contributed by atoms with Crippen molar-refractivity contribution in [2.45, 2.75) is 0 Å². The van der Waals surface area contributed by atoms with Crippen LogP contribution in [0.2, 0.25) is 0 Å². The number of carbonyl (C=O) groups is 1. The predicted octanol–water partition coefficient (Wildman–Crippen LogP) is 4.40. The highest BCUT2D eigenvalue weighted by Crippen LogP contribution is 2.26. The minimum absolute atomic E-state index is 0.169. The van der Waals surface area contributed by atoms with E-state index in [9.17, 15) is 4.79 Å². The normalized spacial score (nSPS) is 10.2. The molecule has 0 saturated heterocycles. The van der Waals surface area contributed by atoms with Crippen molar-refractivity contribution >= 4 is 43.5 Å². The van der Waals surface area contributed by atoms with E-state index in [1.807, 2.05) is 18.2 Å². The number of ether oxygens (including phenoxy) is 1. The first-order valence-electron chi connectivity index (χ1n) is 6.22. The lowest BCUT2D eigenvalue weighted by molar-refractivity contribution is 0.0692. The van der Waals surface area contributed by atoms with Crippen LogP contribution in [-0.4, -0.2) is 24.2 Å². The smallest absolute Gasteiger partial charge is 0.339 e. The van der Waals surface area contributed by atoms with Crippen molar-refractivity contribution in [1.29, 1.82) is 0 Å². The van der Waals surface area contributed by atoms with E-state index in [4.69, 9.17) is 9.84 Å². The third-order valence-electron chi connectivity index (χ3n) is 2.72. The van der Waals surface area contributed by atoms with Crippen LogP contribution >= 0.6 is 31.9 Å². The Balaban J connectivity index is 1.89. The molecule has 2 rings (SSSR count). The second kappa shape index (κ2) is 7.47. The summed E-state index contributed by atoms with van der Waals surface area (Å²) in [6, 6.07) is 12.4. The number of carboxylic acid groups (broad SMARTS) is 1. The van der Waals surface area contributed by atoms with E-state index in [-0.39, 0.29) is 5.56 Å². The Bertz CT molecular complexity index is 647. The van der Waals surface area contributed by atoms with Crippen molar-refractivity contribution in [3.8, 4) is 5.75 Å². The molecule has 110 valence electrons. The Morgan fingerprint density at radius 1 is 1.19 bits per heavy atom. The highest BCUT2D eigenvalue weighted by molar-refractivity contribution is 9.11. The number of rotatable bonds is 6. The molecule has 0 atom stereocenters. The van der Waals surface area contributed by atoms with E-state index >= 15 is 0 Å². The number of hydrogen-bond donors (Lipinski definition) is 2. The predicted molar refractivity (Wildman–Crippen MR) is 89.2 cm³/mol. The standard InChI is InChI=1S/C15H13Br2NO3/c16-10-5-6-13(12(17)9-10)18-7-8-21-14-4-2-1-3-11(14)15(19)20/h1-6,9,18H,7-8H2,(H,19,20). The van der Waals surface area contributed by atoms with Crippen LogP contribution in [0.3, 0.4) is 0 Å². The molecule has 0 saturated carbocycles. The molecule has 2 N–H and O–H groups in total. The highest BCUT2D eigenvalue weighted by Gasteiger charge is 2.09. The summed E-state index contributed by atoms with van der Waals surface area (Å²) in [4.78, 5) is 11.0. The van der Waals surface area contributed by atoms with Gasteiger partial charge in [0.25, 0.3) is 0 Å². The Kier molecular flexibility index (Phi) is 5.64. The second-order valence-corrected chi connectivity index (χ2v) is 5.97. The van der Waals surface area contributed by atoms with Crippen molar-refractivity contribution < 1.29 is 14.6 Å². The Labute approximate surface area is 139 Å². The lowest BCUT2D eigenvalue weighted by Gasteiger charge is -2.11. The minimum atomic E-state index is -0.991. The van der Waals surface area contributed by atoms with E-state index in [0.717, 1.165) is 14.6 Å². The fourth-order valence-electron chi connectivity index (χ4n) is 1.75. The molecule has 0 radical (unpaired) electrons. The van der Waals surface area contributed by atoms with E-state index < -0.39 is 5.97 Å². The molecular formula is C15H13Br2NO3. The van der Waals surface area contributed by atoms with Gasteiger partial charge in [0.05, 0.1) is 0 Å². The summed E-state index contributed by atoms with van der Waals surface area (Å²) < 4.78 is 7.46. The van der Waals surface area contributed by atoms with Crippen LogP contribution < -0.4 is 10.1 Å². The summed E-state index contributed by atoms with van der Waals surface area (Å²) in [5, 5.41) is 12.3.